The Kier molecular flexibility index (Phi) is 6.35. The van der Waals surface area contributed by atoms with Gasteiger partial charge in [-0.05, 0) is 31.7 Å². The highest BCUT2D eigenvalue weighted by Crippen LogP contribution is 2.12. The van der Waals surface area contributed by atoms with E-state index in [0.29, 0.717) is 38.6 Å². The van der Waals surface area contributed by atoms with Crippen LogP contribution in [-0.2, 0) is 14.9 Å². The number of nitrogens with two attached hydrogens (primary N) is 1. The standard InChI is InChI=1S/C10H23N3O3S/c1-13(6-3-5-11)17(14,15)12-8-10-4-2-7-16-9-10/h10,12H,2-9,11H2,1H3. The zero-order valence-corrected chi connectivity index (χ0v) is 11.2. The molecule has 1 fully saturated rings. The molecular weight excluding hydrogens is 242 g/mol. The Bertz CT molecular complexity index is 302. The zero-order valence-electron chi connectivity index (χ0n) is 10.4. The van der Waals surface area contributed by atoms with Crippen LogP contribution in [0.15, 0.2) is 0 Å². The van der Waals surface area contributed by atoms with E-state index >= 15 is 0 Å². The summed E-state index contributed by atoms with van der Waals surface area (Å²) in [6.45, 7) is 2.84. The molecule has 1 atom stereocenters. The van der Waals surface area contributed by atoms with Crippen molar-refractivity contribution in [1.29, 1.82) is 0 Å². The molecule has 1 aliphatic rings. The van der Waals surface area contributed by atoms with Crippen molar-refractivity contribution in [2.75, 3.05) is 39.9 Å². The summed E-state index contributed by atoms with van der Waals surface area (Å²) >= 11 is 0. The fraction of sp³-hybridized carbons (Fsp3) is 1.00. The summed E-state index contributed by atoms with van der Waals surface area (Å²) in [4.78, 5) is 0. The van der Waals surface area contributed by atoms with E-state index in [2.05, 4.69) is 4.72 Å². The lowest BCUT2D eigenvalue weighted by atomic mass is 10.0. The number of ether oxygens (including phenoxy) is 1. The van der Waals surface area contributed by atoms with Crippen LogP contribution >= 0.6 is 0 Å². The molecule has 0 amide bonds. The molecule has 1 saturated heterocycles. The minimum absolute atomic E-state index is 0.293. The Morgan fingerprint density at radius 3 is 2.88 bits per heavy atom. The monoisotopic (exact) mass is 265 g/mol. The summed E-state index contributed by atoms with van der Waals surface area (Å²) in [6.07, 6.45) is 2.70. The molecule has 0 radical (unpaired) electrons. The fourth-order valence-electron chi connectivity index (χ4n) is 1.74. The minimum atomic E-state index is -3.36. The van der Waals surface area contributed by atoms with Crippen LogP contribution in [0.1, 0.15) is 19.3 Å². The van der Waals surface area contributed by atoms with Gasteiger partial charge in [0.2, 0.25) is 0 Å². The van der Waals surface area contributed by atoms with Crippen molar-refractivity contribution in [3.63, 3.8) is 0 Å². The molecule has 1 heterocycles. The van der Waals surface area contributed by atoms with Crippen molar-refractivity contribution in [3.05, 3.63) is 0 Å². The van der Waals surface area contributed by atoms with Gasteiger partial charge in [-0.25, -0.2) is 4.72 Å². The van der Waals surface area contributed by atoms with Crippen molar-refractivity contribution in [2.45, 2.75) is 19.3 Å². The molecule has 0 aliphatic carbocycles. The first kappa shape index (κ1) is 14.8. The topological polar surface area (TPSA) is 84.7 Å². The molecule has 7 heteroatoms. The van der Waals surface area contributed by atoms with Crippen LogP contribution in [0.25, 0.3) is 0 Å². The molecule has 1 unspecified atom stereocenters. The number of hydrogen-bond donors (Lipinski definition) is 2. The Balaban J connectivity index is 2.32. The summed E-state index contributed by atoms with van der Waals surface area (Å²) in [7, 11) is -1.79. The summed E-state index contributed by atoms with van der Waals surface area (Å²) in [5.74, 6) is 0.293. The Labute approximate surface area is 104 Å². The van der Waals surface area contributed by atoms with Gasteiger partial charge in [0, 0.05) is 26.7 Å². The van der Waals surface area contributed by atoms with Crippen molar-refractivity contribution < 1.29 is 13.2 Å². The highest BCUT2D eigenvalue weighted by atomic mass is 32.2. The molecule has 6 nitrogen and oxygen atoms in total. The molecule has 102 valence electrons. The van der Waals surface area contributed by atoms with E-state index in [9.17, 15) is 8.42 Å². The summed E-state index contributed by atoms with van der Waals surface area (Å²) in [5.41, 5.74) is 5.35. The van der Waals surface area contributed by atoms with Gasteiger partial charge in [-0.2, -0.15) is 12.7 Å². The third-order valence-electron chi connectivity index (χ3n) is 2.90. The number of nitrogens with one attached hydrogen (secondary N) is 1. The zero-order chi connectivity index (χ0) is 12.7. The predicted molar refractivity (Wildman–Crippen MR) is 66.8 cm³/mol. The van der Waals surface area contributed by atoms with Gasteiger partial charge in [-0.3, -0.25) is 0 Å². The maximum Gasteiger partial charge on any atom is 0.279 e. The van der Waals surface area contributed by atoms with Crippen LogP contribution < -0.4 is 10.5 Å². The predicted octanol–water partition coefficient (Wildman–Crippen LogP) is -0.472. The van der Waals surface area contributed by atoms with Crippen LogP contribution in [0.3, 0.4) is 0 Å². The van der Waals surface area contributed by atoms with Gasteiger partial charge in [0.15, 0.2) is 0 Å². The van der Waals surface area contributed by atoms with E-state index in [0.717, 1.165) is 19.4 Å². The number of hydrogen-bond acceptors (Lipinski definition) is 4. The highest BCUT2D eigenvalue weighted by Gasteiger charge is 2.20. The molecule has 3 N–H and O–H groups in total. The molecule has 0 aromatic carbocycles. The lowest BCUT2D eigenvalue weighted by Gasteiger charge is -2.24. The lowest BCUT2D eigenvalue weighted by molar-refractivity contribution is 0.0566. The van der Waals surface area contributed by atoms with Gasteiger partial charge in [0.05, 0.1) is 6.61 Å². The third-order valence-corrected chi connectivity index (χ3v) is 4.43. The molecule has 1 rings (SSSR count). The van der Waals surface area contributed by atoms with Crippen LogP contribution in [0.2, 0.25) is 0 Å². The Hall–Kier alpha value is -0.210. The van der Waals surface area contributed by atoms with Crippen LogP contribution in [0.5, 0.6) is 0 Å². The quantitative estimate of drug-likeness (QED) is 0.651. The van der Waals surface area contributed by atoms with Crippen molar-refractivity contribution >= 4 is 10.2 Å². The first-order valence-corrected chi connectivity index (χ1v) is 7.49. The van der Waals surface area contributed by atoms with Crippen molar-refractivity contribution in [1.82, 2.24) is 9.03 Å². The van der Waals surface area contributed by atoms with E-state index in [4.69, 9.17) is 10.5 Å². The average molecular weight is 265 g/mol. The van der Waals surface area contributed by atoms with Crippen molar-refractivity contribution in [2.24, 2.45) is 11.7 Å². The first-order valence-electron chi connectivity index (χ1n) is 6.05. The normalized spacial score (nSPS) is 21.9. The van der Waals surface area contributed by atoms with Gasteiger partial charge < -0.3 is 10.5 Å². The number of nitrogens with zero attached hydrogens (tertiary/aromatic N) is 1. The van der Waals surface area contributed by atoms with Crippen LogP contribution in [0.4, 0.5) is 0 Å². The molecular formula is C10H23N3O3S. The molecule has 0 aromatic heterocycles. The van der Waals surface area contributed by atoms with Crippen LogP contribution in [-0.4, -0.2) is 52.6 Å². The van der Waals surface area contributed by atoms with E-state index in [1.165, 1.54) is 4.31 Å². The summed E-state index contributed by atoms with van der Waals surface area (Å²) in [5, 5.41) is 0. The van der Waals surface area contributed by atoms with Gasteiger partial charge in [0.1, 0.15) is 0 Å². The largest absolute Gasteiger partial charge is 0.381 e. The van der Waals surface area contributed by atoms with Gasteiger partial charge in [-0.15, -0.1) is 0 Å². The second-order valence-electron chi connectivity index (χ2n) is 4.40. The molecule has 0 spiro atoms. The van der Waals surface area contributed by atoms with Gasteiger partial charge in [0.25, 0.3) is 10.2 Å². The fourth-order valence-corrected chi connectivity index (χ4v) is 2.77. The van der Waals surface area contributed by atoms with Gasteiger partial charge >= 0.3 is 0 Å². The van der Waals surface area contributed by atoms with Crippen LogP contribution in [0, 0.1) is 5.92 Å². The molecule has 0 saturated carbocycles. The maximum atomic E-state index is 11.8. The second kappa shape index (κ2) is 7.27. The van der Waals surface area contributed by atoms with Crippen molar-refractivity contribution in [3.8, 4) is 0 Å². The maximum absolute atomic E-state index is 11.8. The third kappa shape index (κ3) is 5.31. The Morgan fingerprint density at radius 2 is 2.29 bits per heavy atom. The summed E-state index contributed by atoms with van der Waals surface area (Å²) in [6, 6.07) is 0. The van der Waals surface area contributed by atoms with E-state index in [-0.39, 0.29) is 0 Å². The average Bonchev–Trinajstić information content (AvgIpc) is 2.35. The first-order chi connectivity index (χ1) is 8.06. The molecule has 1 aliphatic heterocycles. The van der Waals surface area contributed by atoms with E-state index in [1.54, 1.807) is 7.05 Å². The smallest absolute Gasteiger partial charge is 0.279 e. The van der Waals surface area contributed by atoms with E-state index in [1.807, 2.05) is 0 Å². The van der Waals surface area contributed by atoms with Gasteiger partial charge in [-0.1, -0.05) is 0 Å². The Morgan fingerprint density at radius 1 is 1.53 bits per heavy atom. The summed E-state index contributed by atoms with van der Waals surface area (Å²) < 4.78 is 32.9. The SMILES string of the molecule is CN(CCCN)S(=O)(=O)NCC1CCCOC1. The molecule has 0 bridgehead atoms. The minimum Gasteiger partial charge on any atom is -0.381 e. The molecule has 17 heavy (non-hydrogen) atoms. The second-order valence-corrected chi connectivity index (χ2v) is 6.26. The number of rotatable bonds is 7. The lowest BCUT2D eigenvalue weighted by Crippen LogP contribution is -2.42. The van der Waals surface area contributed by atoms with E-state index < -0.39 is 10.2 Å². The molecule has 0 aromatic rings. The highest BCUT2D eigenvalue weighted by molar-refractivity contribution is 7.87.